The maximum Gasteiger partial charge on any atom is 0.261 e. The molecule has 0 aliphatic heterocycles. The summed E-state index contributed by atoms with van der Waals surface area (Å²) in [7, 11) is -3.85. The van der Waals surface area contributed by atoms with E-state index in [0.29, 0.717) is 17.8 Å². The Balaban J connectivity index is 1.67. The van der Waals surface area contributed by atoms with Crippen LogP contribution < -0.4 is 10.0 Å². The topological polar surface area (TPSA) is 75.3 Å². The Bertz CT molecular complexity index is 1140. The van der Waals surface area contributed by atoms with Gasteiger partial charge in [0.2, 0.25) is 0 Å². The number of benzene rings is 3. The van der Waals surface area contributed by atoms with Crippen LogP contribution >= 0.6 is 0 Å². The van der Waals surface area contributed by atoms with Gasteiger partial charge in [-0.2, -0.15) is 0 Å². The van der Waals surface area contributed by atoms with E-state index in [0.717, 1.165) is 17.2 Å². The molecule has 7 heteroatoms. The van der Waals surface area contributed by atoms with E-state index in [1.807, 2.05) is 31.2 Å². The minimum absolute atomic E-state index is 0.0311. The van der Waals surface area contributed by atoms with Gasteiger partial charge in [-0.15, -0.1) is 0 Å². The number of aryl methyl sites for hydroxylation is 2. The van der Waals surface area contributed by atoms with Crippen LogP contribution in [0.2, 0.25) is 0 Å². The van der Waals surface area contributed by atoms with E-state index in [2.05, 4.69) is 10.0 Å². The molecule has 0 spiro atoms. The zero-order valence-electron chi connectivity index (χ0n) is 16.1. The lowest BCUT2D eigenvalue weighted by atomic mass is 10.1. The molecule has 3 aromatic carbocycles. The Morgan fingerprint density at radius 2 is 1.62 bits per heavy atom. The molecule has 150 valence electrons. The molecule has 2 N–H and O–H groups in total. The molecule has 1 amide bonds. The number of hydrogen-bond acceptors (Lipinski definition) is 3. The summed E-state index contributed by atoms with van der Waals surface area (Å²) in [6.45, 7) is 3.88. The second-order valence-corrected chi connectivity index (χ2v) is 8.39. The van der Waals surface area contributed by atoms with E-state index < -0.39 is 15.8 Å². The van der Waals surface area contributed by atoms with Crippen molar-refractivity contribution in [1.82, 2.24) is 5.32 Å². The van der Waals surface area contributed by atoms with Crippen LogP contribution in [0.15, 0.2) is 71.6 Å². The largest absolute Gasteiger partial charge is 0.348 e. The first-order valence-electron chi connectivity index (χ1n) is 8.98. The maximum absolute atomic E-state index is 13.4. The van der Waals surface area contributed by atoms with E-state index in [-0.39, 0.29) is 16.4 Å². The smallest absolute Gasteiger partial charge is 0.261 e. The lowest BCUT2D eigenvalue weighted by molar-refractivity contribution is 0.0951. The Hall–Kier alpha value is -3.19. The van der Waals surface area contributed by atoms with E-state index >= 15 is 0 Å². The van der Waals surface area contributed by atoms with Crippen LogP contribution in [0, 0.1) is 19.7 Å². The highest BCUT2D eigenvalue weighted by molar-refractivity contribution is 7.92. The minimum Gasteiger partial charge on any atom is -0.348 e. The molecule has 3 aromatic rings. The summed E-state index contributed by atoms with van der Waals surface area (Å²) in [6, 6.07) is 17.5. The third kappa shape index (κ3) is 5.00. The van der Waals surface area contributed by atoms with Crippen molar-refractivity contribution in [3.8, 4) is 0 Å². The molecule has 0 aromatic heterocycles. The maximum atomic E-state index is 13.4. The molecule has 0 aliphatic carbocycles. The SMILES string of the molecule is Cc1cc(S(=O)(=O)Nc2ccc(C(=O)NCc3ccccc3C)cc2)ccc1F. The minimum atomic E-state index is -3.85. The fraction of sp³-hybridized carbons (Fsp3) is 0.136. The molecule has 0 radical (unpaired) electrons. The lowest BCUT2D eigenvalue weighted by Crippen LogP contribution is -2.23. The predicted molar refractivity (Wildman–Crippen MR) is 111 cm³/mol. The Morgan fingerprint density at radius 1 is 0.931 bits per heavy atom. The number of rotatable bonds is 6. The summed E-state index contributed by atoms with van der Waals surface area (Å²) in [5.41, 5.74) is 3.09. The molecule has 0 atom stereocenters. The summed E-state index contributed by atoms with van der Waals surface area (Å²) in [5, 5.41) is 2.85. The van der Waals surface area contributed by atoms with E-state index in [4.69, 9.17) is 0 Å². The molecule has 0 unspecified atom stereocenters. The molecule has 0 saturated carbocycles. The highest BCUT2D eigenvalue weighted by Crippen LogP contribution is 2.19. The number of amides is 1. The predicted octanol–water partition coefficient (Wildman–Crippen LogP) is 4.17. The average molecular weight is 412 g/mol. The fourth-order valence-corrected chi connectivity index (χ4v) is 3.92. The van der Waals surface area contributed by atoms with Gasteiger partial charge in [0.25, 0.3) is 15.9 Å². The number of nitrogens with one attached hydrogen (secondary N) is 2. The van der Waals surface area contributed by atoms with Crippen molar-refractivity contribution in [1.29, 1.82) is 0 Å². The quantitative estimate of drug-likeness (QED) is 0.638. The second-order valence-electron chi connectivity index (χ2n) is 6.70. The van der Waals surface area contributed by atoms with Gasteiger partial charge in [-0.3, -0.25) is 9.52 Å². The van der Waals surface area contributed by atoms with Crippen molar-refractivity contribution in [2.45, 2.75) is 25.3 Å². The standard InChI is InChI=1S/C22H21FN2O3S/c1-15-5-3-4-6-18(15)14-24-22(26)17-7-9-19(10-8-17)25-29(27,28)20-11-12-21(23)16(2)13-20/h3-13,25H,14H2,1-2H3,(H,24,26). The fourth-order valence-electron chi connectivity index (χ4n) is 2.77. The number of carbonyl (C=O) groups excluding carboxylic acids is 1. The second kappa shape index (κ2) is 8.45. The zero-order valence-corrected chi connectivity index (χ0v) is 16.9. The van der Waals surface area contributed by atoms with Gasteiger partial charge in [0.1, 0.15) is 5.82 Å². The third-order valence-corrected chi connectivity index (χ3v) is 5.92. The van der Waals surface area contributed by atoms with E-state index in [9.17, 15) is 17.6 Å². The summed E-state index contributed by atoms with van der Waals surface area (Å²) >= 11 is 0. The molecular formula is C22H21FN2O3S. The summed E-state index contributed by atoms with van der Waals surface area (Å²) in [4.78, 5) is 12.3. The van der Waals surface area contributed by atoms with Gasteiger partial charge in [-0.1, -0.05) is 24.3 Å². The first-order chi connectivity index (χ1) is 13.8. The molecule has 0 bridgehead atoms. The average Bonchev–Trinajstić information content (AvgIpc) is 2.69. The lowest BCUT2D eigenvalue weighted by Gasteiger charge is -2.10. The van der Waals surface area contributed by atoms with Gasteiger partial charge >= 0.3 is 0 Å². The van der Waals surface area contributed by atoms with Crippen LogP contribution in [-0.2, 0) is 16.6 Å². The van der Waals surface area contributed by atoms with Crippen LogP contribution in [0.1, 0.15) is 27.0 Å². The monoisotopic (exact) mass is 412 g/mol. The van der Waals surface area contributed by atoms with Crippen LogP contribution in [0.25, 0.3) is 0 Å². The molecule has 5 nitrogen and oxygen atoms in total. The number of carbonyl (C=O) groups is 1. The van der Waals surface area contributed by atoms with E-state index in [1.54, 1.807) is 12.1 Å². The molecule has 0 heterocycles. The molecule has 29 heavy (non-hydrogen) atoms. The number of anilines is 1. The van der Waals surface area contributed by atoms with Crippen molar-refractivity contribution in [2.75, 3.05) is 4.72 Å². The van der Waals surface area contributed by atoms with Crippen molar-refractivity contribution in [2.24, 2.45) is 0 Å². The Kier molecular flexibility index (Phi) is 5.98. The van der Waals surface area contributed by atoms with Gasteiger partial charge in [-0.25, -0.2) is 12.8 Å². The first kappa shape index (κ1) is 20.5. The number of hydrogen-bond donors (Lipinski definition) is 2. The van der Waals surface area contributed by atoms with Crippen molar-refractivity contribution >= 4 is 21.6 Å². The summed E-state index contributed by atoms with van der Waals surface area (Å²) in [6.07, 6.45) is 0. The highest BCUT2D eigenvalue weighted by Gasteiger charge is 2.16. The van der Waals surface area contributed by atoms with Crippen LogP contribution in [-0.4, -0.2) is 14.3 Å². The van der Waals surface area contributed by atoms with Gasteiger partial charge in [0, 0.05) is 17.8 Å². The third-order valence-electron chi connectivity index (χ3n) is 4.54. The van der Waals surface area contributed by atoms with Gasteiger partial charge in [-0.05, 0) is 73.0 Å². The van der Waals surface area contributed by atoms with Crippen LogP contribution in [0.3, 0.4) is 0 Å². The molecule has 0 fully saturated rings. The van der Waals surface area contributed by atoms with Crippen molar-refractivity contribution < 1.29 is 17.6 Å². The number of halogens is 1. The first-order valence-corrected chi connectivity index (χ1v) is 10.5. The van der Waals surface area contributed by atoms with Gasteiger partial charge in [0.15, 0.2) is 0 Å². The Labute approximate surface area is 169 Å². The summed E-state index contributed by atoms with van der Waals surface area (Å²) in [5.74, 6) is -0.721. The molecular weight excluding hydrogens is 391 g/mol. The van der Waals surface area contributed by atoms with Gasteiger partial charge < -0.3 is 5.32 Å². The Morgan fingerprint density at radius 3 is 2.28 bits per heavy atom. The molecule has 0 aliphatic rings. The van der Waals surface area contributed by atoms with Crippen molar-refractivity contribution in [3.63, 3.8) is 0 Å². The molecule has 0 saturated heterocycles. The van der Waals surface area contributed by atoms with Gasteiger partial charge in [0.05, 0.1) is 4.90 Å². The zero-order chi connectivity index (χ0) is 21.0. The number of sulfonamides is 1. The summed E-state index contributed by atoms with van der Waals surface area (Å²) < 4.78 is 40.7. The van der Waals surface area contributed by atoms with Crippen LogP contribution in [0.4, 0.5) is 10.1 Å². The van der Waals surface area contributed by atoms with E-state index in [1.165, 1.54) is 31.2 Å². The highest BCUT2D eigenvalue weighted by atomic mass is 32.2. The normalized spacial score (nSPS) is 11.1. The van der Waals surface area contributed by atoms with Crippen LogP contribution in [0.5, 0.6) is 0 Å². The van der Waals surface area contributed by atoms with Crippen molar-refractivity contribution in [3.05, 3.63) is 94.8 Å². The molecule has 3 rings (SSSR count).